The zero-order valence-electron chi connectivity index (χ0n) is 21.9. The quantitative estimate of drug-likeness (QED) is 0.337. The van der Waals surface area contributed by atoms with E-state index in [4.69, 9.17) is 11.6 Å². The molecule has 0 saturated heterocycles. The van der Waals surface area contributed by atoms with E-state index in [1.165, 1.54) is 23.1 Å². The van der Waals surface area contributed by atoms with Gasteiger partial charge >= 0.3 is 0 Å². The fourth-order valence-electron chi connectivity index (χ4n) is 5.36. The molecule has 1 fully saturated rings. The van der Waals surface area contributed by atoms with Crippen molar-refractivity contribution in [3.63, 3.8) is 0 Å². The van der Waals surface area contributed by atoms with Crippen molar-refractivity contribution >= 4 is 61.0 Å². The zero-order valence-corrected chi connectivity index (χ0v) is 25.0. The van der Waals surface area contributed by atoms with Crippen molar-refractivity contribution in [2.24, 2.45) is 0 Å². The summed E-state index contributed by atoms with van der Waals surface area (Å²) in [6.07, 6.45) is 2.29. The molecule has 40 heavy (non-hydrogen) atoms. The van der Waals surface area contributed by atoms with E-state index in [1.807, 2.05) is 13.0 Å². The Hall–Kier alpha value is -3.21. The number of benzene rings is 3. The summed E-state index contributed by atoms with van der Waals surface area (Å²) in [4.78, 5) is 42.1. The van der Waals surface area contributed by atoms with Gasteiger partial charge in [-0.15, -0.1) is 0 Å². The SMILES string of the molecule is Cc1ccc(Br)c(NS(=O)(=O)c2ccc(Cl)c(C(=O)N(C)C3CCC(N4C(=O)c5ccccc5C4=O)CC3)c2)c1. The second-order valence-corrected chi connectivity index (χ2v) is 13.1. The molecule has 0 bridgehead atoms. The van der Waals surface area contributed by atoms with Gasteiger partial charge < -0.3 is 4.90 Å². The molecule has 8 nitrogen and oxygen atoms in total. The standard InChI is InChI=1S/C29H27BrClN3O5S/c1-17-7-13-24(30)26(15-17)32-40(38,39)20-12-14-25(31)23(16-20)27(35)33(2)18-8-10-19(11-9-18)34-28(36)21-5-3-4-6-22(21)29(34)37/h3-7,12-16,18-19,32H,8-11H2,1-2H3. The number of halogens is 2. The Morgan fingerprint density at radius 2 is 1.60 bits per heavy atom. The van der Waals surface area contributed by atoms with Gasteiger partial charge in [0.2, 0.25) is 0 Å². The number of hydrogen-bond acceptors (Lipinski definition) is 5. The molecule has 5 rings (SSSR count). The highest BCUT2D eigenvalue weighted by molar-refractivity contribution is 9.10. The van der Waals surface area contributed by atoms with Crippen LogP contribution >= 0.6 is 27.5 Å². The Bertz CT molecular complexity index is 1600. The number of carbonyl (C=O) groups excluding carboxylic acids is 3. The monoisotopic (exact) mass is 643 g/mol. The van der Waals surface area contributed by atoms with Crippen molar-refractivity contribution in [1.29, 1.82) is 0 Å². The maximum atomic E-state index is 13.5. The molecular weight excluding hydrogens is 618 g/mol. The predicted molar refractivity (Wildman–Crippen MR) is 156 cm³/mol. The Labute approximate surface area is 246 Å². The first-order valence-electron chi connectivity index (χ1n) is 12.8. The summed E-state index contributed by atoms with van der Waals surface area (Å²) in [5, 5.41) is 0.146. The Morgan fingerprint density at radius 1 is 0.975 bits per heavy atom. The van der Waals surface area contributed by atoms with Crippen LogP contribution in [0, 0.1) is 6.92 Å². The molecule has 208 valence electrons. The molecule has 1 heterocycles. The molecule has 1 saturated carbocycles. The van der Waals surface area contributed by atoms with Crippen molar-refractivity contribution in [3.05, 3.63) is 92.4 Å². The van der Waals surface area contributed by atoms with Gasteiger partial charge in [0.1, 0.15) is 0 Å². The molecule has 0 atom stereocenters. The van der Waals surface area contributed by atoms with Crippen LogP contribution in [0.2, 0.25) is 5.02 Å². The first-order chi connectivity index (χ1) is 19.0. The maximum Gasteiger partial charge on any atom is 0.261 e. The molecule has 3 aromatic carbocycles. The molecule has 2 aliphatic rings. The van der Waals surface area contributed by atoms with Gasteiger partial charge in [-0.2, -0.15) is 0 Å². The average molecular weight is 645 g/mol. The predicted octanol–water partition coefficient (Wildman–Crippen LogP) is 5.89. The maximum absolute atomic E-state index is 13.5. The van der Waals surface area contributed by atoms with Gasteiger partial charge in [-0.1, -0.05) is 29.8 Å². The Kier molecular flexibility index (Phi) is 7.78. The normalized spacial score (nSPS) is 18.9. The van der Waals surface area contributed by atoms with Crippen molar-refractivity contribution in [2.45, 2.75) is 49.6 Å². The van der Waals surface area contributed by atoms with E-state index in [9.17, 15) is 22.8 Å². The minimum atomic E-state index is -4.00. The molecule has 0 unspecified atom stereocenters. The number of fused-ring (bicyclic) bond motifs is 1. The van der Waals surface area contributed by atoms with E-state index < -0.39 is 15.9 Å². The third-order valence-corrected chi connectivity index (χ3v) is 9.95. The number of sulfonamides is 1. The number of imide groups is 1. The zero-order chi connectivity index (χ0) is 28.8. The van der Waals surface area contributed by atoms with Crippen LogP contribution in [0.3, 0.4) is 0 Å². The fraction of sp³-hybridized carbons (Fsp3) is 0.276. The number of anilines is 1. The van der Waals surface area contributed by atoms with Crippen LogP contribution < -0.4 is 4.72 Å². The summed E-state index contributed by atoms with van der Waals surface area (Å²) in [6, 6.07) is 15.8. The van der Waals surface area contributed by atoms with Gasteiger partial charge in [0.05, 0.1) is 32.3 Å². The summed E-state index contributed by atoms with van der Waals surface area (Å²) in [5.74, 6) is -0.947. The number of nitrogens with one attached hydrogen (secondary N) is 1. The number of nitrogens with zero attached hydrogens (tertiary/aromatic N) is 2. The molecule has 1 N–H and O–H groups in total. The lowest BCUT2D eigenvalue weighted by Crippen LogP contribution is -2.46. The summed E-state index contributed by atoms with van der Waals surface area (Å²) in [5.41, 5.74) is 2.20. The highest BCUT2D eigenvalue weighted by Crippen LogP contribution is 2.33. The van der Waals surface area contributed by atoms with Crippen LogP contribution in [0.4, 0.5) is 5.69 Å². The number of rotatable bonds is 6. The van der Waals surface area contributed by atoms with Crippen LogP contribution in [0.5, 0.6) is 0 Å². The van der Waals surface area contributed by atoms with Crippen LogP contribution in [0.15, 0.2) is 70.0 Å². The molecular formula is C29H27BrClN3O5S. The van der Waals surface area contributed by atoms with E-state index >= 15 is 0 Å². The minimum absolute atomic E-state index is 0.0813. The minimum Gasteiger partial charge on any atom is -0.339 e. The van der Waals surface area contributed by atoms with Crippen LogP contribution in [-0.4, -0.2) is 55.1 Å². The van der Waals surface area contributed by atoms with Crippen molar-refractivity contribution in [2.75, 3.05) is 11.8 Å². The molecule has 11 heteroatoms. The van der Waals surface area contributed by atoms with Crippen molar-refractivity contribution in [3.8, 4) is 0 Å². The third-order valence-electron chi connectivity index (χ3n) is 7.57. The molecule has 1 aliphatic carbocycles. The smallest absolute Gasteiger partial charge is 0.261 e. The van der Waals surface area contributed by atoms with E-state index in [0.717, 1.165) is 5.56 Å². The van der Waals surface area contributed by atoms with Gasteiger partial charge in [-0.05, 0) is 96.6 Å². The molecule has 0 radical (unpaired) electrons. The van der Waals surface area contributed by atoms with Gasteiger partial charge in [0.25, 0.3) is 27.7 Å². The summed E-state index contributed by atoms with van der Waals surface area (Å²) >= 11 is 9.72. The molecule has 0 spiro atoms. The van der Waals surface area contributed by atoms with E-state index in [-0.39, 0.29) is 39.4 Å². The highest BCUT2D eigenvalue weighted by atomic mass is 79.9. The molecule has 3 aromatic rings. The van der Waals surface area contributed by atoms with Crippen LogP contribution in [0.25, 0.3) is 0 Å². The topological polar surface area (TPSA) is 104 Å². The van der Waals surface area contributed by atoms with Gasteiger partial charge in [0.15, 0.2) is 0 Å². The summed E-state index contributed by atoms with van der Waals surface area (Å²) < 4.78 is 29.5. The molecule has 3 amide bonds. The number of hydrogen-bond donors (Lipinski definition) is 1. The van der Waals surface area contributed by atoms with Crippen molar-refractivity contribution in [1.82, 2.24) is 9.80 Å². The van der Waals surface area contributed by atoms with E-state index in [0.29, 0.717) is 47.0 Å². The fourth-order valence-corrected chi connectivity index (χ4v) is 7.13. The molecule has 0 aromatic heterocycles. The second-order valence-electron chi connectivity index (χ2n) is 10.1. The lowest BCUT2D eigenvalue weighted by Gasteiger charge is -2.37. The second kappa shape index (κ2) is 11.0. The van der Waals surface area contributed by atoms with Gasteiger partial charge in [-0.3, -0.25) is 24.0 Å². The average Bonchev–Trinajstić information content (AvgIpc) is 3.19. The molecule has 1 aliphatic heterocycles. The first kappa shape index (κ1) is 28.3. The van der Waals surface area contributed by atoms with Gasteiger partial charge in [0, 0.05) is 23.6 Å². The largest absolute Gasteiger partial charge is 0.339 e. The summed E-state index contributed by atoms with van der Waals surface area (Å²) in [6.45, 7) is 1.85. The third kappa shape index (κ3) is 5.27. The van der Waals surface area contributed by atoms with Crippen LogP contribution in [0.1, 0.15) is 62.3 Å². The number of amides is 3. The van der Waals surface area contributed by atoms with E-state index in [1.54, 1.807) is 48.3 Å². The Balaban J connectivity index is 1.28. The number of carbonyl (C=O) groups is 3. The Morgan fingerprint density at radius 3 is 2.23 bits per heavy atom. The summed E-state index contributed by atoms with van der Waals surface area (Å²) in [7, 11) is -2.34. The van der Waals surface area contributed by atoms with Crippen LogP contribution in [-0.2, 0) is 10.0 Å². The highest BCUT2D eigenvalue weighted by Gasteiger charge is 2.41. The first-order valence-corrected chi connectivity index (χ1v) is 15.5. The van der Waals surface area contributed by atoms with Crippen molar-refractivity contribution < 1.29 is 22.8 Å². The lowest BCUT2D eigenvalue weighted by atomic mass is 9.89. The lowest BCUT2D eigenvalue weighted by molar-refractivity contribution is 0.0476. The number of aryl methyl sites for hydroxylation is 1. The van der Waals surface area contributed by atoms with E-state index in [2.05, 4.69) is 20.7 Å². The van der Waals surface area contributed by atoms with Gasteiger partial charge in [-0.25, -0.2) is 8.42 Å².